The summed E-state index contributed by atoms with van der Waals surface area (Å²) in [7, 11) is 0. The number of nitrogen functional groups attached to an aromatic ring is 1. The Labute approximate surface area is 140 Å². The molecule has 2 nitrogen and oxygen atoms in total. The molecule has 0 aromatic heterocycles. The van der Waals surface area contributed by atoms with Crippen molar-refractivity contribution in [2.24, 2.45) is 0 Å². The second kappa shape index (κ2) is 6.50. The predicted octanol–water partition coefficient (Wildman–Crippen LogP) is 5.89. The molecule has 1 atom stereocenters. The molecule has 2 rings (SSSR count). The zero-order valence-corrected chi connectivity index (χ0v) is 13.3. The lowest BCUT2D eigenvalue weighted by Gasteiger charge is -2.24. The fraction of sp³-hybridized carbons (Fsp3) is 0.294. The number of rotatable bonds is 4. The van der Waals surface area contributed by atoms with Gasteiger partial charge in [0.15, 0.2) is 6.17 Å². The Morgan fingerprint density at radius 1 is 0.960 bits per heavy atom. The predicted molar refractivity (Wildman–Crippen MR) is 81.7 cm³/mol. The number of aryl methyl sites for hydroxylation is 2. The van der Waals surface area contributed by atoms with Crippen molar-refractivity contribution >= 4 is 5.69 Å². The van der Waals surface area contributed by atoms with Crippen LogP contribution >= 0.6 is 0 Å². The van der Waals surface area contributed by atoms with Crippen LogP contribution in [0, 0.1) is 13.8 Å². The Morgan fingerprint density at radius 3 is 1.96 bits per heavy atom. The van der Waals surface area contributed by atoms with Crippen molar-refractivity contribution < 1.29 is 31.1 Å². The van der Waals surface area contributed by atoms with E-state index < -0.39 is 23.8 Å². The van der Waals surface area contributed by atoms with Crippen LogP contribution in [0.5, 0.6) is 11.5 Å². The maximum Gasteiger partial charge on any atom is 0.456 e. The smallest absolute Gasteiger partial charge is 0.455 e. The van der Waals surface area contributed by atoms with Crippen molar-refractivity contribution in [1.82, 2.24) is 0 Å². The molecule has 25 heavy (non-hydrogen) atoms. The van der Waals surface area contributed by atoms with Gasteiger partial charge in [-0.15, -0.1) is 0 Å². The Hall–Kier alpha value is -2.38. The molecule has 0 amide bonds. The van der Waals surface area contributed by atoms with Crippen molar-refractivity contribution in [1.29, 1.82) is 0 Å². The van der Waals surface area contributed by atoms with E-state index in [2.05, 4.69) is 0 Å². The first-order chi connectivity index (χ1) is 11.4. The number of halogens is 6. The fourth-order valence-corrected chi connectivity index (χ4v) is 2.33. The van der Waals surface area contributed by atoms with E-state index in [1.807, 2.05) is 0 Å². The minimum absolute atomic E-state index is 0.207. The average Bonchev–Trinajstić information content (AvgIpc) is 2.50. The summed E-state index contributed by atoms with van der Waals surface area (Å²) in [4.78, 5) is 0. The highest BCUT2D eigenvalue weighted by molar-refractivity contribution is 5.55. The number of anilines is 1. The third-order valence-electron chi connectivity index (χ3n) is 3.60. The highest BCUT2D eigenvalue weighted by atomic mass is 19.4. The van der Waals surface area contributed by atoms with E-state index in [0.717, 1.165) is 12.1 Å². The molecule has 0 aliphatic rings. The summed E-state index contributed by atoms with van der Waals surface area (Å²) < 4.78 is 83.0. The summed E-state index contributed by atoms with van der Waals surface area (Å²) in [6.07, 6.45) is -9.50. The van der Waals surface area contributed by atoms with Crippen LogP contribution in [0.1, 0.15) is 22.9 Å². The molecule has 8 heteroatoms. The number of benzene rings is 2. The largest absolute Gasteiger partial charge is 0.456 e. The van der Waals surface area contributed by atoms with Gasteiger partial charge in [0.1, 0.15) is 11.5 Å². The Kier molecular flexibility index (Phi) is 4.92. The second-order valence-corrected chi connectivity index (χ2v) is 5.61. The van der Waals surface area contributed by atoms with Crippen molar-refractivity contribution in [2.45, 2.75) is 32.1 Å². The molecule has 136 valence electrons. The number of ether oxygens (including phenoxy) is 1. The normalized spacial score (nSPS) is 13.6. The molecule has 2 aromatic rings. The van der Waals surface area contributed by atoms with Crippen LogP contribution in [0.4, 0.5) is 32.0 Å². The molecule has 0 bridgehead atoms. The maximum atomic E-state index is 13.9. The van der Waals surface area contributed by atoms with Crippen molar-refractivity contribution in [2.75, 3.05) is 5.73 Å². The van der Waals surface area contributed by atoms with Crippen molar-refractivity contribution in [3.63, 3.8) is 0 Å². The fourth-order valence-electron chi connectivity index (χ4n) is 2.33. The van der Waals surface area contributed by atoms with Gasteiger partial charge in [0.05, 0.1) is 5.69 Å². The van der Waals surface area contributed by atoms with Crippen molar-refractivity contribution in [3.05, 3.63) is 53.1 Å². The van der Waals surface area contributed by atoms with E-state index in [9.17, 15) is 26.3 Å². The quantitative estimate of drug-likeness (QED) is 0.543. The lowest BCUT2D eigenvalue weighted by atomic mass is 9.99. The van der Waals surface area contributed by atoms with Gasteiger partial charge >= 0.3 is 12.1 Å². The van der Waals surface area contributed by atoms with Crippen LogP contribution in [0.3, 0.4) is 0 Å². The summed E-state index contributed by atoms with van der Waals surface area (Å²) in [5.41, 5.74) is 5.70. The lowest BCUT2D eigenvalue weighted by molar-refractivity contribution is -0.305. The summed E-state index contributed by atoms with van der Waals surface area (Å²) in [5.74, 6) is -4.99. The molecule has 0 fully saturated rings. The van der Waals surface area contributed by atoms with E-state index in [4.69, 9.17) is 10.5 Å². The molecule has 2 N–H and O–H groups in total. The Bertz CT molecular complexity index is 749. The molecule has 0 radical (unpaired) electrons. The molecular weight excluding hydrogens is 348 g/mol. The number of nitrogens with two attached hydrogens (primary N) is 1. The van der Waals surface area contributed by atoms with Gasteiger partial charge in [-0.3, -0.25) is 0 Å². The van der Waals surface area contributed by atoms with E-state index in [-0.39, 0.29) is 16.9 Å². The topological polar surface area (TPSA) is 35.2 Å². The van der Waals surface area contributed by atoms with Gasteiger partial charge in [-0.05, 0) is 54.8 Å². The van der Waals surface area contributed by atoms with Crippen LogP contribution in [0.25, 0.3) is 0 Å². The Morgan fingerprint density at radius 2 is 1.48 bits per heavy atom. The van der Waals surface area contributed by atoms with E-state index in [0.29, 0.717) is 11.4 Å². The first-order valence-electron chi connectivity index (χ1n) is 7.17. The Balaban J connectivity index is 2.39. The van der Waals surface area contributed by atoms with E-state index in [1.165, 1.54) is 13.8 Å². The number of para-hydroxylation sites is 2. The number of alkyl halides is 6. The first-order valence-corrected chi connectivity index (χ1v) is 7.17. The van der Waals surface area contributed by atoms with Gasteiger partial charge in [-0.1, -0.05) is 12.1 Å². The van der Waals surface area contributed by atoms with Crippen LogP contribution < -0.4 is 10.5 Å². The third-order valence-corrected chi connectivity index (χ3v) is 3.60. The van der Waals surface area contributed by atoms with E-state index in [1.54, 1.807) is 24.3 Å². The molecule has 0 aliphatic heterocycles. The molecule has 0 aliphatic carbocycles. The van der Waals surface area contributed by atoms with E-state index >= 15 is 0 Å². The lowest BCUT2D eigenvalue weighted by Crippen LogP contribution is -2.40. The zero-order valence-electron chi connectivity index (χ0n) is 13.3. The summed E-state index contributed by atoms with van der Waals surface area (Å²) >= 11 is 0. The molecule has 2 aromatic carbocycles. The molecule has 0 spiro atoms. The summed E-state index contributed by atoms with van der Waals surface area (Å²) in [5, 5.41) is 0. The third kappa shape index (κ3) is 3.67. The van der Waals surface area contributed by atoms with Crippen molar-refractivity contribution in [3.8, 4) is 11.5 Å². The number of hydrogen-bond acceptors (Lipinski definition) is 2. The maximum absolute atomic E-state index is 13.9. The minimum atomic E-state index is -5.98. The van der Waals surface area contributed by atoms with Gasteiger partial charge in [-0.2, -0.15) is 22.0 Å². The average molecular weight is 363 g/mol. The SMILES string of the molecule is Cc1cc(C(F)C(F)(F)C(F)(F)F)cc(C)c1Oc1ccccc1N. The summed E-state index contributed by atoms with van der Waals surface area (Å²) in [6.45, 7) is 2.84. The molecule has 0 saturated heterocycles. The van der Waals surface area contributed by atoms with Gasteiger partial charge in [0.25, 0.3) is 0 Å². The molecule has 0 heterocycles. The van der Waals surface area contributed by atoms with Gasteiger partial charge < -0.3 is 10.5 Å². The first kappa shape index (κ1) is 19.0. The van der Waals surface area contributed by atoms with Crippen LogP contribution in [-0.2, 0) is 0 Å². The molecule has 1 unspecified atom stereocenters. The second-order valence-electron chi connectivity index (χ2n) is 5.61. The van der Waals surface area contributed by atoms with Gasteiger partial charge in [0, 0.05) is 0 Å². The van der Waals surface area contributed by atoms with Crippen LogP contribution in [0.15, 0.2) is 36.4 Å². The zero-order chi connectivity index (χ0) is 19.0. The summed E-state index contributed by atoms with van der Waals surface area (Å²) in [6, 6.07) is 8.30. The van der Waals surface area contributed by atoms with Gasteiger partial charge in [0.2, 0.25) is 0 Å². The number of hydrogen-bond donors (Lipinski definition) is 1. The monoisotopic (exact) mass is 363 g/mol. The molecular formula is C17H15F6NO. The van der Waals surface area contributed by atoms with Crippen LogP contribution in [0.2, 0.25) is 0 Å². The van der Waals surface area contributed by atoms with Crippen LogP contribution in [-0.4, -0.2) is 12.1 Å². The molecule has 0 saturated carbocycles. The standard InChI is InChI=1S/C17H15F6NO/c1-9-7-11(15(18)16(19,20)17(21,22)23)8-10(2)14(9)25-13-6-4-3-5-12(13)24/h3-8,15H,24H2,1-2H3. The minimum Gasteiger partial charge on any atom is -0.455 e. The van der Waals surface area contributed by atoms with Gasteiger partial charge in [-0.25, -0.2) is 4.39 Å². The highest BCUT2D eigenvalue weighted by Crippen LogP contribution is 2.47. The highest BCUT2D eigenvalue weighted by Gasteiger charge is 2.63.